The van der Waals surface area contributed by atoms with Crippen LogP contribution in [0.15, 0.2) is 0 Å². The highest BCUT2D eigenvalue weighted by Crippen LogP contribution is 2.28. The van der Waals surface area contributed by atoms with Gasteiger partial charge in [0.15, 0.2) is 11.0 Å². The van der Waals surface area contributed by atoms with Crippen LogP contribution in [-0.2, 0) is 0 Å². The Morgan fingerprint density at radius 1 is 1.11 bits per heavy atom. The van der Waals surface area contributed by atoms with E-state index in [9.17, 15) is 0 Å². The van der Waals surface area contributed by atoms with Crippen LogP contribution in [0, 0.1) is 13.8 Å². The van der Waals surface area contributed by atoms with E-state index < -0.39 is 0 Å². The van der Waals surface area contributed by atoms with Crippen LogP contribution in [0.5, 0.6) is 0 Å². The smallest absolute Gasteiger partial charge is 0.171 e. The SMILES string of the molecule is Cc1nc(Cl)c(N2CCN(C)C(C)(C)C2)nc1C. The molecule has 0 radical (unpaired) electrons. The van der Waals surface area contributed by atoms with Gasteiger partial charge < -0.3 is 4.90 Å². The van der Waals surface area contributed by atoms with Crippen molar-refractivity contribution in [2.45, 2.75) is 33.2 Å². The molecule has 18 heavy (non-hydrogen) atoms. The highest BCUT2D eigenvalue weighted by Gasteiger charge is 2.32. The van der Waals surface area contributed by atoms with Crippen LogP contribution < -0.4 is 4.90 Å². The Morgan fingerprint density at radius 2 is 1.72 bits per heavy atom. The normalized spacial score (nSPS) is 20.2. The standard InChI is InChI=1S/C13H21ClN4/c1-9-10(2)16-12(11(14)15-9)18-7-6-17(5)13(3,4)8-18/h6-8H2,1-5H3. The first-order valence-electron chi connectivity index (χ1n) is 6.28. The van der Waals surface area contributed by atoms with Crippen molar-refractivity contribution < 1.29 is 0 Å². The lowest BCUT2D eigenvalue weighted by Crippen LogP contribution is -2.58. The number of likely N-dealkylation sites (N-methyl/N-ethyl adjacent to an activating group) is 1. The molecule has 0 saturated carbocycles. The number of aryl methyl sites for hydroxylation is 2. The van der Waals surface area contributed by atoms with Gasteiger partial charge in [-0.05, 0) is 34.7 Å². The van der Waals surface area contributed by atoms with Gasteiger partial charge in [-0.2, -0.15) is 0 Å². The van der Waals surface area contributed by atoms with Gasteiger partial charge in [-0.3, -0.25) is 4.90 Å². The van der Waals surface area contributed by atoms with Gasteiger partial charge in [0.1, 0.15) is 0 Å². The van der Waals surface area contributed by atoms with Crippen molar-refractivity contribution in [2.75, 3.05) is 31.6 Å². The molecule has 0 bridgehead atoms. The van der Waals surface area contributed by atoms with Crippen molar-refractivity contribution in [1.29, 1.82) is 0 Å². The largest absolute Gasteiger partial charge is 0.351 e. The number of anilines is 1. The number of rotatable bonds is 1. The van der Waals surface area contributed by atoms with Crippen LogP contribution in [0.1, 0.15) is 25.2 Å². The fourth-order valence-electron chi connectivity index (χ4n) is 2.19. The molecule has 0 N–H and O–H groups in total. The first kappa shape index (κ1) is 13.6. The lowest BCUT2D eigenvalue weighted by atomic mass is 10.00. The molecular weight excluding hydrogens is 248 g/mol. The van der Waals surface area contributed by atoms with Crippen molar-refractivity contribution in [3.8, 4) is 0 Å². The van der Waals surface area contributed by atoms with Gasteiger partial charge in [0.05, 0.1) is 11.4 Å². The molecule has 0 aliphatic carbocycles. The van der Waals surface area contributed by atoms with Crippen molar-refractivity contribution >= 4 is 17.4 Å². The number of halogens is 1. The number of hydrogen-bond donors (Lipinski definition) is 0. The maximum atomic E-state index is 6.24. The molecule has 1 saturated heterocycles. The van der Waals surface area contributed by atoms with Gasteiger partial charge in [0.25, 0.3) is 0 Å². The maximum absolute atomic E-state index is 6.24. The third kappa shape index (κ3) is 2.45. The third-order valence-corrected chi connectivity index (χ3v) is 4.12. The molecule has 0 spiro atoms. The van der Waals surface area contributed by atoms with Crippen LogP contribution in [0.25, 0.3) is 0 Å². The highest BCUT2D eigenvalue weighted by atomic mass is 35.5. The van der Waals surface area contributed by atoms with Crippen molar-refractivity contribution in [3.05, 3.63) is 16.5 Å². The summed E-state index contributed by atoms with van der Waals surface area (Å²) in [4.78, 5) is 13.6. The van der Waals surface area contributed by atoms with Gasteiger partial charge in [0.2, 0.25) is 0 Å². The summed E-state index contributed by atoms with van der Waals surface area (Å²) in [5.74, 6) is 0.820. The minimum Gasteiger partial charge on any atom is -0.351 e. The first-order valence-corrected chi connectivity index (χ1v) is 6.66. The second-order valence-corrected chi connectivity index (χ2v) is 6.02. The zero-order valence-corrected chi connectivity index (χ0v) is 12.5. The fourth-order valence-corrected chi connectivity index (χ4v) is 2.47. The summed E-state index contributed by atoms with van der Waals surface area (Å²) in [7, 11) is 2.16. The predicted molar refractivity (Wildman–Crippen MR) is 75.4 cm³/mol. The van der Waals surface area contributed by atoms with E-state index in [0.29, 0.717) is 5.15 Å². The van der Waals surface area contributed by atoms with Crippen LogP contribution >= 0.6 is 11.6 Å². The van der Waals surface area contributed by atoms with Gasteiger partial charge in [-0.15, -0.1) is 0 Å². The molecule has 1 fully saturated rings. The molecule has 0 unspecified atom stereocenters. The average Bonchev–Trinajstić information content (AvgIpc) is 2.27. The van der Waals surface area contributed by atoms with Crippen LogP contribution in [-0.4, -0.2) is 47.1 Å². The van der Waals surface area contributed by atoms with E-state index in [1.54, 1.807) is 0 Å². The minimum atomic E-state index is 0.127. The molecule has 0 amide bonds. The Morgan fingerprint density at radius 3 is 2.33 bits per heavy atom. The van der Waals surface area contributed by atoms with E-state index in [2.05, 4.69) is 40.7 Å². The molecule has 2 heterocycles. The predicted octanol–water partition coefficient (Wildman–Crippen LogP) is 2.28. The Kier molecular flexibility index (Phi) is 3.52. The highest BCUT2D eigenvalue weighted by molar-refractivity contribution is 6.31. The van der Waals surface area contributed by atoms with E-state index >= 15 is 0 Å². The van der Waals surface area contributed by atoms with Crippen molar-refractivity contribution in [2.24, 2.45) is 0 Å². The lowest BCUT2D eigenvalue weighted by Gasteiger charge is -2.45. The molecule has 100 valence electrons. The van der Waals surface area contributed by atoms with Crippen LogP contribution in [0.4, 0.5) is 5.82 Å². The van der Waals surface area contributed by atoms with E-state index in [-0.39, 0.29) is 5.54 Å². The monoisotopic (exact) mass is 268 g/mol. The fraction of sp³-hybridized carbons (Fsp3) is 0.692. The molecule has 4 nitrogen and oxygen atoms in total. The third-order valence-electron chi connectivity index (χ3n) is 3.86. The molecule has 0 aromatic carbocycles. The minimum absolute atomic E-state index is 0.127. The van der Waals surface area contributed by atoms with Crippen LogP contribution in [0.2, 0.25) is 5.15 Å². The molecule has 1 aromatic heterocycles. The summed E-state index contributed by atoms with van der Waals surface area (Å²) in [5.41, 5.74) is 1.98. The van der Waals surface area contributed by atoms with E-state index in [1.165, 1.54) is 0 Å². The molecule has 5 heteroatoms. The molecule has 1 aliphatic heterocycles. The zero-order valence-electron chi connectivity index (χ0n) is 11.8. The number of piperazine rings is 1. The van der Waals surface area contributed by atoms with Gasteiger partial charge in [-0.25, -0.2) is 9.97 Å². The quantitative estimate of drug-likeness (QED) is 0.782. The summed E-state index contributed by atoms with van der Waals surface area (Å²) in [6.45, 7) is 11.3. The van der Waals surface area contributed by atoms with E-state index in [0.717, 1.165) is 36.8 Å². The lowest BCUT2D eigenvalue weighted by molar-refractivity contribution is 0.138. The molecule has 0 atom stereocenters. The zero-order chi connectivity index (χ0) is 13.5. The molecule has 1 aromatic rings. The second kappa shape index (κ2) is 4.67. The summed E-state index contributed by atoms with van der Waals surface area (Å²) < 4.78 is 0. The van der Waals surface area contributed by atoms with Gasteiger partial charge in [0, 0.05) is 25.2 Å². The number of aromatic nitrogens is 2. The van der Waals surface area contributed by atoms with Gasteiger partial charge in [-0.1, -0.05) is 11.6 Å². The Bertz CT molecular complexity index is 459. The molecular formula is C13H21ClN4. The van der Waals surface area contributed by atoms with E-state index in [1.807, 2.05) is 13.8 Å². The topological polar surface area (TPSA) is 32.3 Å². The molecule has 2 rings (SSSR count). The summed E-state index contributed by atoms with van der Waals surface area (Å²) >= 11 is 6.24. The second-order valence-electron chi connectivity index (χ2n) is 5.66. The Labute approximate surface area is 114 Å². The summed E-state index contributed by atoms with van der Waals surface area (Å²) in [6, 6.07) is 0. The summed E-state index contributed by atoms with van der Waals surface area (Å²) in [5, 5.41) is 0.512. The first-order chi connectivity index (χ1) is 8.31. The summed E-state index contributed by atoms with van der Waals surface area (Å²) in [6.07, 6.45) is 0. The van der Waals surface area contributed by atoms with Crippen molar-refractivity contribution in [3.63, 3.8) is 0 Å². The maximum Gasteiger partial charge on any atom is 0.171 e. The van der Waals surface area contributed by atoms with Crippen molar-refractivity contribution in [1.82, 2.24) is 14.9 Å². The average molecular weight is 269 g/mol. The number of hydrogen-bond acceptors (Lipinski definition) is 4. The number of nitrogens with zero attached hydrogens (tertiary/aromatic N) is 4. The molecule has 1 aliphatic rings. The van der Waals surface area contributed by atoms with E-state index in [4.69, 9.17) is 11.6 Å². The van der Waals surface area contributed by atoms with Crippen LogP contribution in [0.3, 0.4) is 0 Å². The van der Waals surface area contributed by atoms with Gasteiger partial charge >= 0.3 is 0 Å². The Balaban J connectivity index is 2.30. The Hall–Kier alpha value is -0.870.